The molecule has 0 spiro atoms. The van der Waals surface area contributed by atoms with Gasteiger partial charge in [0.1, 0.15) is 5.82 Å². The summed E-state index contributed by atoms with van der Waals surface area (Å²) in [6.45, 7) is 2.14. The second kappa shape index (κ2) is 6.97. The Morgan fingerprint density at radius 3 is 2.92 bits per heavy atom. The van der Waals surface area contributed by atoms with E-state index in [1.165, 1.54) is 28.3 Å². The predicted molar refractivity (Wildman–Crippen MR) is 96.8 cm³/mol. The molecule has 1 aliphatic heterocycles. The quantitative estimate of drug-likeness (QED) is 0.765. The zero-order valence-electron chi connectivity index (χ0n) is 14.3. The summed E-state index contributed by atoms with van der Waals surface area (Å²) in [4.78, 5) is 20.3. The number of benzene rings is 1. The van der Waals surface area contributed by atoms with Crippen LogP contribution in [-0.4, -0.2) is 39.2 Å². The molecule has 0 fully saturated rings. The van der Waals surface area contributed by atoms with Gasteiger partial charge < -0.3 is 10.2 Å². The maximum absolute atomic E-state index is 13.0. The fourth-order valence-corrected chi connectivity index (χ4v) is 3.96. The number of carbonyl (C=O) groups is 1. The fraction of sp³-hybridized carbons (Fsp3) is 0.278. The van der Waals surface area contributed by atoms with Crippen LogP contribution >= 0.6 is 11.3 Å². The minimum Gasteiger partial charge on any atom is -0.344 e. The average Bonchev–Trinajstić information content (AvgIpc) is 3.27. The third-order valence-electron chi connectivity index (χ3n) is 4.28. The van der Waals surface area contributed by atoms with Crippen molar-refractivity contribution in [3.05, 3.63) is 63.6 Å². The summed E-state index contributed by atoms with van der Waals surface area (Å²) >= 11 is 1.46. The minimum atomic E-state index is -0.286. The van der Waals surface area contributed by atoms with Gasteiger partial charge in [-0.1, -0.05) is 0 Å². The highest BCUT2D eigenvalue weighted by molar-refractivity contribution is 7.13. The van der Waals surface area contributed by atoms with Gasteiger partial charge in [0, 0.05) is 30.6 Å². The zero-order chi connectivity index (χ0) is 18.1. The van der Waals surface area contributed by atoms with Crippen LogP contribution in [0.5, 0.6) is 0 Å². The second-order valence-corrected chi connectivity index (χ2v) is 7.37. The summed E-state index contributed by atoms with van der Waals surface area (Å²) in [5.74, 6) is -0.464. The topological polar surface area (TPSA) is 63.1 Å². The van der Waals surface area contributed by atoms with Crippen molar-refractivity contribution in [2.75, 3.05) is 13.6 Å². The molecular weight excluding hydrogens is 353 g/mol. The molecule has 3 heterocycles. The number of amides is 1. The van der Waals surface area contributed by atoms with E-state index in [9.17, 15) is 9.18 Å². The van der Waals surface area contributed by atoms with Gasteiger partial charge in [0.25, 0.3) is 5.91 Å². The first-order chi connectivity index (χ1) is 12.6. The number of rotatable bonds is 4. The normalized spacial score (nSPS) is 14.2. The molecule has 2 aromatic heterocycles. The SMILES string of the molecule is CN1CCc2nc(C(=O)NCc3ccn(-c4ccc(F)cc4)n3)sc2C1. The summed E-state index contributed by atoms with van der Waals surface area (Å²) in [5.41, 5.74) is 2.53. The number of hydrogen-bond donors (Lipinski definition) is 1. The van der Waals surface area contributed by atoms with Gasteiger partial charge in [0.2, 0.25) is 0 Å². The number of aromatic nitrogens is 3. The molecular formula is C18H18FN5OS. The van der Waals surface area contributed by atoms with Crippen LogP contribution < -0.4 is 5.32 Å². The summed E-state index contributed by atoms with van der Waals surface area (Å²) in [5, 5.41) is 7.78. The number of likely N-dealkylation sites (N-methyl/N-ethyl adjacent to an activating group) is 1. The van der Waals surface area contributed by atoms with Crippen molar-refractivity contribution < 1.29 is 9.18 Å². The lowest BCUT2D eigenvalue weighted by atomic mass is 10.2. The Kier molecular flexibility index (Phi) is 4.52. The Morgan fingerprint density at radius 2 is 2.12 bits per heavy atom. The van der Waals surface area contributed by atoms with Crippen molar-refractivity contribution in [3.63, 3.8) is 0 Å². The Bertz CT molecular complexity index is 933. The molecule has 26 heavy (non-hydrogen) atoms. The van der Waals surface area contributed by atoms with Crippen molar-refractivity contribution in [2.45, 2.75) is 19.5 Å². The Labute approximate surface area is 154 Å². The molecule has 0 unspecified atom stereocenters. The first kappa shape index (κ1) is 16.9. The van der Waals surface area contributed by atoms with Crippen molar-refractivity contribution in [2.24, 2.45) is 0 Å². The Morgan fingerprint density at radius 1 is 1.31 bits per heavy atom. The highest BCUT2D eigenvalue weighted by atomic mass is 32.1. The van der Waals surface area contributed by atoms with Crippen molar-refractivity contribution >= 4 is 17.2 Å². The molecule has 0 aliphatic carbocycles. The number of fused-ring (bicyclic) bond motifs is 1. The van der Waals surface area contributed by atoms with Crippen molar-refractivity contribution in [1.82, 2.24) is 25.0 Å². The van der Waals surface area contributed by atoms with Crippen LogP contribution in [-0.2, 0) is 19.5 Å². The van der Waals surface area contributed by atoms with Crippen molar-refractivity contribution in [3.8, 4) is 5.69 Å². The van der Waals surface area contributed by atoms with Crippen LogP contribution in [0.4, 0.5) is 4.39 Å². The van der Waals surface area contributed by atoms with E-state index in [0.29, 0.717) is 11.6 Å². The molecule has 1 aromatic carbocycles. The molecule has 0 saturated heterocycles. The van der Waals surface area contributed by atoms with Crippen LogP contribution in [0.2, 0.25) is 0 Å². The van der Waals surface area contributed by atoms with Gasteiger partial charge in [-0.3, -0.25) is 4.79 Å². The standard InChI is InChI=1S/C18H18FN5OS/c1-23-8-7-15-16(11-23)26-18(21-15)17(25)20-10-13-6-9-24(22-13)14-4-2-12(19)3-5-14/h2-6,9H,7-8,10-11H2,1H3,(H,20,25). The van der Waals surface area contributed by atoms with Gasteiger partial charge in [-0.2, -0.15) is 5.10 Å². The first-order valence-electron chi connectivity index (χ1n) is 8.34. The summed E-state index contributed by atoms with van der Waals surface area (Å²) in [7, 11) is 2.07. The molecule has 3 aromatic rings. The minimum absolute atomic E-state index is 0.177. The smallest absolute Gasteiger partial charge is 0.280 e. The van der Waals surface area contributed by atoms with Gasteiger partial charge in [-0.25, -0.2) is 14.1 Å². The number of nitrogens with zero attached hydrogens (tertiary/aromatic N) is 4. The largest absolute Gasteiger partial charge is 0.344 e. The van der Waals surface area contributed by atoms with Gasteiger partial charge in [0.15, 0.2) is 5.01 Å². The molecule has 1 aliphatic rings. The molecule has 4 rings (SSSR count). The molecule has 1 N–H and O–H groups in total. The summed E-state index contributed by atoms with van der Waals surface area (Å²) in [6, 6.07) is 7.91. The summed E-state index contributed by atoms with van der Waals surface area (Å²) in [6.07, 6.45) is 2.67. The van der Waals surface area contributed by atoms with E-state index in [1.807, 2.05) is 6.07 Å². The molecule has 0 bridgehead atoms. The van der Waals surface area contributed by atoms with E-state index in [-0.39, 0.29) is 11.7 Å². The van der Waals surface area contributed by atoms with E-state index >= 15 is 0 Å². The number of halogens is 1. The van der Waals surface area contributed by atoms with Crippen LogP contribution in [0.3, 0.4) is 0 Å². The van der Waals surface area contributed by atoms with Crippen LogP contribution in [0.15, 0.2) is 36.5 Å². The second-order valence-electron chi connectivity index (χ2n) is 6.29. The van der Waals surface area contributed by atoms with Crippen LogP contribution in [0.25, 0.3) is 5.69 Å². The van der Waals surface area contributed by atoms with E-state index in [4.69, 9.17) is 0 Å². The lowest BCUT2D eigenvalue weighted by Gasteiger charge is -2.20. The van der Waals surface area contributed by atoms with Gasteiger partial charge in [-0.05, 0) is 37.4 Å². The maximum Gasteiger partial charge on any atom is 0.280 e. The molecule has 0 saturated carbocycles. The highest BCUT2D eigenvalue weighted by Gasteiger charge is 2.21. The van der Waals surface area contributed by atoms with E-state index < -0.39 is 0 Å². The lowest BCUT2D eigenvalue weighted by Crippen LogP contribution is -2.25. The molecule has 6 nitrogen and oxygen atoms in total. The van der Waals surface area contributed by atoms with Crippen LogP contribution in [0, 0.1) is 5.82 Å². The lowest BCUT2D eigenvalue weighted by molar-refractivity contribution is 0.0950. The monoisotopic (exact) mass is 371 g/mol. The highest BCUT2D eigenvalue weighted by Crippen LogP contribution is 2.24. The fourth-order valence-electron chi connectivity index (χ4n) is 2.86. The third-order valence-corrected chi connectivity index (χ3v) is 5.36. The number of nitrogens with one attached hydrogen (secondary N) is 1. The predicted octanol–water partition coefficient (Wildman–Crippen LogP) is 2.39. The van der Waals surface area contributed by atoms with Gasteiger partial charge in [0.05, 0.1) is 23.6 Å². The molecule has 1 amide bonds. The van der Waals surface area contributed by atoms with Gasteiger partial charge in [-0.15, -0.1) is 11.3 Å². The van der Waals surface area contributed by atoms with Crippen LogP contribution in [0.1, 0.15) is 26.1 Å². The average molecular weight is 371 g/mol. The Hall–Kier alpha value is -2.58. The zero-order valence-corrected chi connectivity index (χ0v) is 15.1. The Balaban J connectivity index is 1.40. The number of carbonyl (C=O) groups excluding carboxylic acids is 1. The molecule has 0 atom stereocenters. The molecule has 0 radical (unpaired) electrons. The maximum atomic E-state index is 13.0. The molecule has 134 valence electrons. The van der Waals surface area contributed by atoms with E-state index in [1.54, 1.807) is 23.0 Å². The first-order valence-corrected chi connectivity index (χ1v) is 9.16. The third kappa shape index (κ3) is 3.51. The van der Waals surface area contributed by atoms with E-state index in [0.717, 1.165) is 36.6 Å². The van der Waals surface area contributed by atoms with Gasteiger partial charge >= 0.3 is 0 Å². The molecule has 8 heteroatoms. The number of thiazole rings is 1. The number of hydrogen-bond acceptors (Lipinski definition) is 5. The van der Waals surface area contributed by atoms with E-state index in [2.05, 4.69) is 27.3 Å². The van der Waals surface area contributed by atoms with Crippen molar-refractivity contribution in [1.29, 1.82) is 0 Å². The summed E-state index contributed by atoms with van der Waals surface area (Å²) < 4.78 is 14.7.